The van der Waals surface area contributed by atoms with Gasteiger partial charge in [-0.05, 0) is 30.2 Å². The molecule has 0 fully saturated rings. The molecule has 0 aliphatic heterocycles. The number of aromatic nitrogens is 2. The van der Waals surface area contributed by atoms with Gasteiger partial charge in [-0.1, -0.05) is 25.5 Å². The maximum absolute atomic E-state index is 5.55. The van der Waals surface area contributed by atoms with Crippen molar-refractivity contribution < 1.29 is 9.47 Å². The molecule has 0 aliphatic carbocycles. The third-order valence-electron chi connectivity index (χ3n) is 3.92. The first kappa shape index (κ1) is 24.4. The average molecular weight is 501 g/mol. The van der Waals surface area contributed by atoms with E-state index in [2.05, 4.69) is 39.8 Å². The number of guanidine groups is 1. The molecule has 2 N–H and O–H groups in total. The summed E-state index contributed by atoms with van der Waals surface area (Å²) in [6.45, 7) is 6.24. The first-order valence-corrected chi connectivity index (χ1v) is 9.52. The second-order valence-electron chi connectivity index (χ2n) is 6.05. The molecule has 0 atom stereocenters. The molecule has 0 aliphatic rings. The van der Waals surface area contributed by atoms with Crippen molar-refractivity contribution in [1.29, 1.82) is 0 Å². The van der Waals surface area contributed by atoms with Crippen LogP contribution in [0.3, 0.4) is 0 Å². The van der Waals surface area contributed by atoms with Crippen LogP contribution in [0.2, 0.25) is 0 Å². The quantitative estimate of drug-likeness (QED) is 0.203. The lowest BCUT2D eigenvalue weighted by Gasteiger charge is -2.13. The van der Waals surface area contributed by atoms with Crippen LogP contribution in [0.4, 0.5) is 0 Å². The zero-order valence-corrected chi connectivity index (χ0v) is 19.1. The van der Waals surface area contributed by atoms with E-state index in [1.807, 2.05) is 29.1 Å². The zero-order valence-electron chi connectivity index (χ0n) is 16.8. The first-order valence-electron chi connectivity index (χ1n) is 9.52. The summed E-state index contributed by atoms with van der Waals surface area (Å²) in [7, 11) is 1.76. The number of hydrogen-bond acceptors (Lipinski definition) is 4. The number of hydrogen-bond donors (Lipinski definition) is 2. The van der Waals surface area contributed by atoms with Gasteiger partial charge in [0.2, 0.25) is 0 Å². The summed E-state index contributed by atoms with van der Waals surface area (Å²) < 4.78 is 12.9. The number of nitrogens with one attached hydrogen (secondary N) is 2. The smallest absolute Gasteiger partial charge is 0.191 e. The maximum Gasteiger partial charge on any atom is 0.191 e. The molecule has 2 aromatic rings. The van der Waals surface area contributed by atoms with Gasteiger partial charge in [-0.2, -0.15) is 5.10 Å². The van der Waals surface area contributed by atoms with E-state index >= 15 is 0 Å². The van der Waals surface area contributed by atoms with Crippen molar-refractivity contribution in [2.75, 3.05) is 40.0 Å². The predicted octanol–water partition coefficient (Wildman–Crippen LogP) is 2.99. The van der Waals surface area contributed by atoms with Gasteiger partial charge in [-0.25, -0.2) is 4.68 Å². The molecule has 7 nitrogen and oxygen atoms in total. The van der Waals surface area contributed by atoms with Gasteiger partial charge >= 0.3 is 0 Å². The van der Waals surface area contributed by atoms with Crippen molar-refractivity contribution in [3.63, 3.8) is 0 Å². The highest BCUT2D eigenvalue weighted by Gasteiger charge is 2.01. The van der Waals surface area contributed by atoms with Crippen molar-refractivity contribution in [1.82, 2.24) is 20.4 Å². The van der Waals surface area contributed by atoms with E-state index in [0.29, 0.717) is 32.9 Å². The lowest BCUT2D eigenvalue weighted by Crippen LogP contribution is -2.38. The molecular weight excluding hydrogens is 469 g/mol. The third-order valence-corrected chi connectivity index (χ3v) is 3.92. The molecule has 0 saturated heterocycles. The molecular formula is C20H32IN5O2. The topological polar surface area (TPSA) is 72.7 Å². The van der Waals surface area contributed by atoms with Gasteiger partial charge < -0.3 is 20.1 Å². The first-order chi connectivity index (χ1) is 13.3. The second kappa shape index (κ2) is 15.3. The minimum Gasteiger partial charge on any atom is -0.379 e. The minimum atomic E-state index is 0. The van der Waals surface area contributed by atoms with Crippen LogP contribution in [-0.2, 0) is 16.0 Å². The second-order valence-corrected chi connectivity index (χ2v) is 6.05. The summed E-state index contributed by atoms with van der Waals surface area (Å²) in [6, 6.07) is 10.2. The summed E-state index contributed by atoms with van der Waals surface area (Å²) >= 11 is 0. The van der Waals surface area contributed by atoms with Gasteiger partial charge in [0.05, 0.1) is 25.5 Å². The molecule has 0 unspecified atom stereocenters. The Morgan fingerprint density at radius 3 is 2.64 bits per heavy atom. The van der Waals surface area contributed by atoms with E-state index in [-0.39, 0.29) is 24.0 Å². The van der Waals surface area contributed by atoms with Crippen molar-refractivity contribution in [2.24, 2.45) is 4.99 Å². The summed E-state index contributed by atoms with van der Waals surface area (Å²) in [5, 5.41) is 10.8. The third kappa shape index (κ3) is 9.52. The fourth-order valence-electron chi connectivity index (χ4n) is 2.45. The van der Waals surface area contributed by atoms with Crippen LogP contribution in [0, 0.1) is 0 Å². The van der Waals surface area contributed by atoms with E-state index in [1.54, 1.807) is 13.2 Å². The predicted molar refractivity (Wildman–Crippen MR) is 124 cm³/mol. The van der Waals surface area contributed by atoms with Crippen molar-refractivity contribution in [2.45, 2.75) is 26.3 Å². The van der Waals surface area contributed by atoms with Crippen LogP contribution in [0.5, 0.6) is 0 Å². The number of rotatable bonds is 12. The standard InChI is InChI=1S/C20H31N5O2.HI/c1-3-4-12-26-14-15-27-13-10-22-20(21-2)23-17-18-7-5-8-19(16-18)25-11-6-9-24-25;/h5-9,11,16H,3-4,10,12-15,17H2,1-2H3,(H2,21,22,23);1H. The molecule has 1 heterocycles. The van der Waals surface area contributed by atoms with Crippen LogP contribution in [0.25, 0.3) is 5.69 Å². The number of nitrogens with zero attached hydrogens (tertiary/aromatic N) is 3. The molecule has 0 spiro atoms. The van der Waals surface area contributed by atoms with Gasteiger partial charge in [0.1, 0.15) is 0 Å². The highest BCUT2D eigenvalue weighted by molar-refractivity contribution is 14.0. The average Bonchev–Trinajstić information content (AvgIpc) is 3.24. The summed E-state index contributed by atoms with van der Waals surface area (Å²) in [6.07, 6.45) is 5.97. The molecule has 1 aromatic carbocycles. The van der Waals surface area contributed by atoms with Crippen molar-refractivity contribution in [3.8, 4) is 5.69 Å². The molecule has 0 amide bonds. The van der Waals surface area contributed by atoms with Crippen LogP contribution in [0.15, 0.2) is 47.7 Å². The fraction of sp³-hybridized carbons (Fsp3) is 0.500. The molecule has 0 radical (unpaired) electrons. The number of unbranched alkanes of at least 4 members (excludes halogenated alkanes) is 1. The Morgan fingerprint density at radius 1 is 1.11 bits per heavy atom. The van der Waals surface area contributed by atoms with E-state index in [9.17, 15) is 0 Å². The number of aliphatic imine (C=N–C) groups is 1. The minimum absolute atomic E-state index is 0. The number of halogens is 1. The molecule has 1 aromatic heterocycles. The fourth-order valence-corrected chi connectivity index (χ4v) is 2.45. The Labute approximate surface area is 184 Å². The molecule has 2 rings (SSSR count). The van der Waals surface area contributed by atoms with Crippen molar-refractivity contribution >= 4 is 29.9 Å². The van der Waals surface area contributed by atoms with Crippen LogP contribution < -0.4 is 10.6 Å². The van der Waals surface area contributed by atoms with Crippen LogP contribution in [0.1, 0.15) is 25.3 Å². The molecule has 0 saturated carbocycles. The molecule has 8 heteroatoms. The Bertz CT molecular complexity index is 664. The maximum atomic E-state index is 5.55. The summed E-state index contributed by atoms with van der Waals surface area (Å²) in [5.74, 6) is 0.752. The molecule has 156 valence electrons. The highest BCUT2D eigenvalue weighted by atomic mass is 127. The Morgan fingerprint density at radius 2 is 1.93 bits per heavy atom. The summed E-state index contributed by atoms with van der Waals surface area (Å²) in [5.41, 5.74) is 2.20. The zero-order chi connectivity index (χ0) is 19.2. The van der Waals surface area contributed by atoms with Gasteiger partial charge in [-0.15, -0.1) is 24.0 Å². The lowest BCUT2D eigenvalue weighted by molar-refractivity contribution is 0.0487. The van der Waals surface area contributed by atoms with Gasteiger partial charge in [-0.3, -0.25) is 4.99 Å². The Balaban J connectivity index is 0.00000392. The largest absolute Gasteiger partial charge is 0.379 e. The molecule has 28 heavy (non-hydrogen) atoms. The van der Waals surface area contributed by atoms with E-state index in [4.69, 9.17) is 9.47 Å². The Hall–Kier alpha value is -1.65. The SMILES string of the molecule is CCCCOCCOCCNC(=NC)NCc1cccc(-n2cccn2)c1.I. The van der Waals surface area contributed by atoms with Crippen molar-refractivity contribution in [3.05, 3.63) is 48.3 Å². The Kier molecular flexibility index (Phi) is 13.3. The van der Waals surface area contributed by atoms with Gasteiger partial charge in [0.25, 0.3) is 0 Å². The van der Waals surface area contributed by atoms with Crippen LogP contribution in [-0.4, -0.2) is 55.8 Å². The summed E-state index contributed by atoms with van der Waals surface area (Å²) in [4.78, 5) is 4.24. The number of ether oxygens (including phenoxy) is 2. The monoisotopic (exact) mass is 501 g/mol. The van der Waals surface area contributed by atoms with Gasteiger partial charge in [0.15, 0.2) is 5.96 Å². The lowest BCUT2D eigenvalue weighted by atomic mass is 10.2. The van der Waals surface area contributed by atoms with Crippen LogP contribution >= 0.6 is 24.0 Å². The molecule has 0 bridgehead atoms. The number of benzene rings is 1. The van der Waals surface area contributed by atoms with Gasteiger partial charge in [0, 0.05) is 39.1 Å². The normalized spacial score (nSPS) is 11.1. The van der Waals surface area contributed by atoms with E-state index in [1.165, 1.54) is 0 Å². The van der Waals surface area contributed by atoms with E-state index < -0.39 is 0 Å². The highest BCUT2D eigenvalue weighted by Crippen LogP contribution is 2.09. The van der Waals surface area contributed by atoms with E-state index in [0.717, 1.165) is 36.7 Å².